The number of aromatic nitrogens is 1. The fourth-order valence-corrected chi connectivity index (χ4v) is 2.80. The zero-order chi connectivity index (χ0) is 14.2. The fraction of sp³-hybridized carbons (Fsp3) is 0.438. The van der Waals surface area contributed by atoms with Crippen LogP contribution in [0.2, 0.25) is 0 Å². The van der Waals surface area contributed by atoms with Crippen molar-refractivity contribution in [1.82, 2.24) is 4.57 Å². The van der Waals surface area contributed by atoms with Crippen molar-refractivity contribution in [3.05, 3.63) is 40.7 Å². The van der Waals surface area contributed by atoms with Crippen LogP contribution in [-0.4, -0.2) is 18.3 Å². The molecule has 2 N–H and O–H groups in total. The molecule has 106 valence electrons. The minimum absolute atomic E-state index is 0.0179. The summed E-state index contributed by atoms with van der Waals surface area (Å²) in [5, 5.41) is 1.65. The highest BCUT2D eigenvalue weighted by Gasteiger charge is 2.42. The van der Waals surface area contributed by atoms with Gasteiger partial charge in [0.25, 0.3) is 5.56 Å². The van der Waals surface area contributed by atoms with E-state index < -0.39 is 0 Å². The number of nitrogens with two attached hydrogens (primary N) is 1. The molecule has 1 aliphatic carbocycles. The van der Waals surface area contributed by atoms with Crippen LogP contribution in [0.5, 0.6) is 0 Å². The van der Waals surface area contributed by atoms with E-state index in [4.69, 9.17) is 10.5 Å². The second-order valence-corrected chi connectivity index (χ2v) is 5.79. The summed E-state index contributed by atoms with van der Waals surface area (Å²) in [6.45, 7) is 1.44. The summed E-state index contributed by atoms with van der Waals surface area (Å²) in [5.74, 6) is 0.553. The number of nitrogen functional groups attached to an aromatic ring is 1. The van der Waals surface area contributed by atoms with Gasteiger partial charge >= 0.3 is 0 Å². The lowest BCUT2D eigenvalue weighted by Crippen LogP contribution is -2.27. The molecule has 0 unspecified atom stereocenters. The van der Waals surface area contributed by atoms with Gasteiger partial charge < -0.3 is 10.5 Å². The molecule has 2 aromatic rings. The third kappa shape index (κ3) is 2.31. The topological polar surface area (TPSA) is 57.2 Å². The summed E-state index contributed by atoms with van der Waals surface area (Å²) >= 11 is 0. The van der Waals surface area contributed by atoms with Gasteiger partial charge in [0.1, 0.15) is 5.82 Å². The lowest BCUT2D eigenvalue weighted by molar-refractivity contribution is 0.166. The van der Waals surface area contributed by atoms with E-state index in [0.29, 0.717) is 12.4 Å². The molecule has 0 saturated heterocycles. The molecule has 0 bridgehead atoms. The number of hydrogen-bond acceptors (Lipinski definition) is 3. The van der Waals surface area contributed by atoms with Gasteiger partial charge in [-0.2, -0.15) is 0 Å². The molecule has 3 rings (SSSR count). The SMILES string of the molecule is COCCC1(Cn2c(N)cc3ccccc3c2=O)CC1. The maximum absolute atomic E-state index is 12.6. The average molecular weight is 272 g/mol. The van der Waals surface area contributed by atoms with E-state index in [1.54, 1.807) is 11.7 Å². The Kier molecular flexibility index (Phi) is 3.26. The molecule has 0 atom stereocenters. The maximum Gasteiger partial charge on any atom is 0.259 e. The number of hydrogen-bond donors (Lipinski definition) is 1. The smallest absolute Gasteiger partial charge is 0.259 e. The van der Waals surface area contributed by atoms with E-state index >= 15 is 0 Å². The number of nitrogens with zero attached hydrogens (tertiary/aromatic N) is 1. The minimum Gasteiger partial charge on any atom is -0.385 e. The Morgan fingerprint density at radius 2 is 2.10 bits per heavy atom. The van der Waals surface area contributed by atoms with Gasteiger partial charge in [0, 0.05) is 25.6 Å². The van der Waals surface area contributed by atoms with Crippen molar-refractivity contribution in [2.24, 2.45) is 5.41 Å². The Morgan fingerprint density at radius 1 is 1.35 bits per heavy atom. The number of ether oxygens (including phenoxy) is 1. The van der Waals surface area contributed by atoms with Crippen molar-refractivity contribution in [2.45, 2.75) is 25.8 Å². The molecule has 0 aliphatic heterocycles. The maximum atomic E-state index is 12.6. The lowest BCUT2D eigenvalue weighted by atomic mass is 10.0. The molecule has 1 aromatic carbocycles. The highest BCUT2D eigenvalue weighted by Crippen LogP contribution is 2.50. The number of benzene rings is 1. The predicted octanol–water partition coefficient (Wildman–Crippen LogP) is 2.40. The lowest BCUT2D eigenvalue weighted by Gasteiger charge is -2.18. The highest BCUT2D eigenvalue weighted by atomic mass is 16.5. The summed E-state index contributed by atoms with van der Waals surface area (Å²) in [5.41, 5.74) is 6.31. The molecule has 0 radical (unpaired) electrons. The van der Waals surface area contributed by atoms with Crippen LogP contribution in [0.1, 0.15) is 19.3 Å². The van der Waals surface area contributed by atoms with E-state index in [-0.39, 0.29) is 11.0 Å². The summed E-state index contributed by atoms with van der Waals surface area (Å²) in [4.78, 5) is 12.6. The molecular weight excluding hydrogens is 252 g/mol. The van der Waals surface area contributed by atoms with Crippen LogP contribution in [0, 0.1) is 5.41 Å². The minimum atomic E-state index is 0.0179. The molecule has 0 spiro atoms. The Hall–Kier alpha value is -1.81. The van der Waals surface area contributed by atoms with Crippen LogP contribution in [0.15, 0.2) is 35.1 Å². The summed E-state index contributed by atoms with van der Waals surface area (Å²) in [7, 11) is 1.71. The molecule has 1 aromatic heterocycles. The van der Waals surface area contributed by atoms with E-state index in [9.17, 15) is 4.79 Å². The standard InChI is InChI=1S/C16H20N2O2/c1-20-9-8-16(6-7-16)11-18-14(17)10-12-4-2-3-5-13(12)15(18)19/h2-5,10H,6-9,11,17H2,1H3. The monoisotopic (exact) mass is 272 g/mol. The summed E-state index contributed by atoms with van der Waals surface area (Å²) in [6, 6.07) is 9.50. The van der Waals surface area contributed by atoms with E-state index in [2.05, 4.69) is 0 Å². The van der Waals surface area contributed by atoms with Crippen LogP contribution in [0.25, 0.3) is 10.8 Å². The largest absolute Gasteiger partial charge is 0.385 e. The Morgan fingerprint density at radius 3 is 2.80 bits per heavy atom. The molecular formula is C16H20N2O2. The van der Waals surface area contributed by atoms with Crippen LogP contribution < -0.4 is 11.3 Å². The van der Waals surface area contributed by atoms with Gasteiger partial charge in [-0.25, -0.2) is 0 Å². The van der Waals surface area contributed by atoms with Crippen LogP contribution in [0.4, 0.5) is 5.82 Å². The van der Waals surface area contributed by atoms with Crippen molar-refractivity contribution in [3.8, 4) is 0 Å². The molecule has 1 heterocycles. The fourth-order valence-electron chi connectivity index (χ4n) is 2.80. The van der Waals surface area contributed by atoms with Gasteiger partial charge in [0.15, 0.2) is 0 Å². The molecule has 4 nitrogen and oxygen atoms in total. The quantitative estimate of drug-likeness (QED) is 0.909. The highest BCUT2D eigenvalue weighted by molar-refractivity contribution is 5.83. The first-order valence-electron chi connectivity index (χ1n) is 7.02. The third-order valence-electron chi connectivity index (χ3n) is 4.34. The van der Waals surface area contributed by atoms with Crippen molar-refractivity contribution < 1.29 is 4.74 Å². The van der Waals surface area contributed by atoms with Crippen LogP contribution in [0.3, 0.4) is 0 Å². The number of pyridine rings is 1. The van der Waals surface area contributed by atoms with Crippen molar-refractivity contribution in [1.29, 1.82) is 0 Å². The van der Waals surface area contributed by atoms with Crippen LogP contribution >= 0.6 is 0 Å². The molecule has 1 saturated carbocycles. The Balaban J connectivity index is 1.98. The number of methoxy groups -OCH3 is 1. The first-order valence-corrected chi connectivity index (χ1v) is 7.02. The molecule has 4 heteroatoms. The van der Waals surface area contributed by atoms with E-state index in [0.717, 1.165) is 36.6 Å². The van der Waals surface area contributed by atoms with Gasteiger partial charge in [-0.3, -0.25) is 9.36 Å². The Labute approximate surface area is 118 Å². The molecule has 1 aliphatic rings. The molecule has 1 fully saturated rings. The van der Waals surface area contributed by atoms with Crippen molar-refractivity contribution in [2.75, 3.05) is 19.5 Å². The van der Waals surface area contributed by atoms with Gasteiger partial charge in [-0.1, -0.05) is 18.2 Å². The Bertz CT molecular complexity index is 686. The van der Waals surface area contributed by atoms with Crippen molar-refractivity contribution in [3.63, 3.8) is 0 Å². The molecule has 20 heavy (non-hydrogen) atoms. The summed E-state index contributed by atoms with van der Waals surface area (Å²) < 4.78 is 6.89. The first-order chi connectivity index (χ1) is 9.65. The second-order valence-electron chi connectivity index (χ2n) is 5.79. The predicted molar refractivity (Wildman–Crippen MR) is 80.8 cm³/mol. The average Bonchev–Trinajstić information content (AvgIpc) is 3.22. The first kappa shape index (κ1) is 13.2. The summed E-state index contributed by atoms with van der Waals surface area (Å²) in [6.07, 6.45) is 3.28. The third-order valence-corrected chi connectivity index (χ3v) is 4.34. The van der Waals surface area contributed by atoms with Gasteiger partial charge in [0.05, 0.1) is 0 Å². The number of fused-ring (bicyclic) bond motifs is 1. The van der Waals surface area contributed by atoms with E-state index in [1.165, 1.54) is 0 Å². The van der Waals surface area contributed by atoms with Gasteiger partial charge in [-0.05, 0) is 42.2 Å². The zero-order valence-electron chi connectivity index (χ0n) is 11.8. The number of rotatable bonds is 5. The molecule has 0 amide bonds. The number of anilines is 1. The second kappa shape index (κ2) is 4.94. The van der Waals surface area contributed by atoms with Crippen molar-refractivity contribution >= 4 is 16.6 Å². The van der Waals surface area contributed by atoms with Gasteiger partial charge in [0.2, 0.25) is 0 Å². The zero-order valence-corrected chi connectivity index (χ0v) is 11.8. The van der Waals surface area contributed by atoms with Crippen LogP contribution in [-0.2, 0) is 11.3 Å². The van der Waals surface area contributed by atoms with Gasteiger partial charge in [-0.15, -0.1) is 0 Å². The van der Waals surface area contributed by atoms with E-state index in [1.807, 2.05) is 30.3 Å². The normalized spacial score (nSPS) is 16.4.